The smallest absolute Gasteiger partial charge is 0.271 e. The van der Waals surface area contributed by atoms with Gasteiger partial charge in [-0.15, -0.1) is 0 Å². The Kier molecular flexibility index (Phi) is 4.33. The van der Waals surface area contributed by atoms with Crippen LogP contribution in [0.2, 0.25) is 0 Å². The van der Waals surface area contributed by atoms with E-state index < -0.39 is 0 Å². The summed E-state index contributed by atoms with van der Waals surface area (Å²) in [4.78, 5) is 14.2. The number of rotatable bonds is 4. The molecule has 0 bridgehead atoms. The lowest BCUT2D eigenvalue weighted by Gasteiger charge is -2.31. The third-order valence-electron chi connectivity index (χ3n) is 3.31. The minimum atomic E-state index is -0.0760. The average molecular weight is 251 g/mol. The van der Waals surface area contributed by atoms with Gasteiger partial charge in [-0.05, 0) is 18.9 Å². The summed E-state index contributed by atoms with van der Waals surface area (Å²) in [6.07, 6.45) is 3.75. The number of hydrogen-bond acceptors (Lipinski definition) is 4. The summed E-state index contributed by atoms with van der Waals surface area (Å²) < 4.78 is 1.64. The van der Waals surface area contributed by atoms with Crippen LogP contribution in [0.5, 0.6) is 0 Å². The molecule has 0 saturated carbocycles. The van der Waals surface area contributed by atoms with Crippen molar-refractivity contribution in [3.05, 3.63) is 18.0 Å². The SMILES string of the molecule is Cn1ccc(C(=O)NC2CCN(CCN)CC2)n1. The number of piperidine rings is 1. The van der Waals surface area contributed by atoms with Crippen LogP contribution in [-0.2, 0) is 7.05 Å². The third-order valence-corrected chi connectivity index (χ3v) is 3.31. The van der Waals surface area contributed by atoms with Gasteiger partial charge in [0.2, 0.25) is 0 Å². The van der Waals surface area contributed by atoms with E-state index in [4.69, 9.17) is 5.73 Å². The van der Waals surface area contributed by atoms with Crippen LogP contribution in [0.15, 0.2) is 12.3 Å². The number of nitrogens with two attached hydrogens (primary N) is 1. The fourth-order valence-corrected chi connectivity index (χ4v) is 2.28. The van der Waals surface area contributed by atoms with Crippen molar-refractivity contribution in [1.29, 1.82) is 0 Å². The molecule has 0 radical (unpaired) electrons. The van der Waals surface area contributed by atoms with Crippen molar-refractivity contribution in [1.82, 2.24) is 20.0 Å². The van der Waals surface area contributed by atoms with Crippen LogP contribution in [0.25, 0.3) is 0 Å². The quantitative estimate of drug-likeness (QED) is 0.761. The molecule has 1 amide bonds. The largest absolute Gasteiger partial charge is 0.348 e. The summed E-state index contributed by atoms with van der Waals surface area (Å²) in [5.74, 6) is -0.0760. The van der Waals surface area contributed by atoms with Crippen LogP contribution in [0.1, 0.15) is 23.3 Å². The lowest BCUT2D eigenvalue weighted by molar-refractivity contribution is 0.0906. The number of carbonyl (C=O) groups excluding carboxylic acids is 1. The first-order valence-electron chi connectivity index (χ1n) is 6.42. The van der Waals surface area contributed by atoms with Crippen LogP contribution < -0.4 is 11.1 Å². The predicted molar refractivity (Wildman–Crippen MR) is 69.2 cm³/mol. The molecule has 1 aliphatic heterocycles. The molecule has 1 aliphatic rings. The van der Waals surface area contributed by atoms with Crippen molar-refractivity contribution < 1.29 is 4.79 Å². The molecule has 0 atom stereocenters. The second-order valence-electron chi connectivity index (χ2n) is 4.75. The average Bonchev–Trinajstić information content (AvgIpc) is 2.79. The minimum Gasteiger partial charge on any atom is -0.348 e. The minimum absolute atomic E-state index is 0.0760. The maximum Gasteiger partial charge on any atom is 0.271 e. The van der Waals surface area contributed by atoms with Crippen LogP contribution in [0.3, 0.4) is 0 Å². The molecular weight excluding hydrogens is 230 g/mol. The van der Waals surface area contributed by atoms with Crippen LogP contribution in [0, 0.1) is 0 Å². The van der Waals surface area contributed by atoms with E-state index in [0.717, 1.165) is 32.5 Å². The molecule has 0 unspecified atom stereocenters. The van der Waals surface area contributed by atoms with E-state index in [-0.39, 0.29) is 11.9 Å². The Labute approximate surface area is 107 Å². The van der Waals surface area contributed by atoms with Crippen molar-refractivity contribution in [3.8, 4) is 0 Å². The number of hydrogen-bond donors (Lipinski definition) is 2. The number of aromatic nitrogens is 2. The lowest BCUT2D eigenvalue weighted by Crippen LogP contribution is -2.45. The fraction of sp³-hybridized carbons (Fsp3) is 0.667. The molecule has 1 aromatic rings. The van der Waals surface area contributed by atoms with Crippen LogP contribution >= 0.6 is 0 Å². The Hall–Kier alpha value is -1.40. The van der Waals surface area contributed by atoms with Gasteiger partial charge in [-0.25, -0.2) is 0 Å². The van der Waals surface area contributed by atoms with Gasteiger partial charge in [0, 0.05) is 45.5 Å². The summed E-state index contributed by atoms with van der Waals surface area (Å²) in [6, 6.07) is 1.99. The molecular formula is C12H21N5O. The molecule has 6 nitrogen and oxygen atoms in total. The predicted octanol–water partition coefficient (Wildman–Crippen LogP) is -0.427. The maximum atomic E-state index is 11.9. The van der Waals surface area contributed by atoms with Crippen molar-refractivity contribution >= 4 is 5.91 Å². The monoisotopic (exact) mass is 251 g/mol. The summed E-state index contributed by atoms with van der Waals surface area (Å²) in [6.45, 7) is 3.65. The highest BCUT2D eigenvalue weighted by atomic mass is 16.2. The summed E-state index contributed by atoms with van der Waals surface area (Å²) in [5, 5.41) is 7.14. The second-order valence-corrected chi connectivity index (χ2v) is 4.75. The topological polar surface area (TPSA) is 76.2 Å². The molecule has 2 heterocycles. The van der Waals surface area contributed by atoms with Gasteiger partial charge in [0.05, 0.1) is 0 Å². The van der Waals surface area contributed by atoms with Gasteiger partial charge in [-0.2, -0.15) is 5.10 Å². The Bertz CT molecular complexity index is 395. The normalized spacial score (nSPS) is 17.9. The number of aryl methyl sites for hydroxylation is 1. The molecule has 1 fully saturated rings. The zero-order valence-electron chi connectivity index (χ0n) is 10.8. The summed E-state index contributed by atoms with van der Waals surface area (Å²) in [5.41, 5.74) is 6.02. The van der Waals surface area contributed by atoms with E-state index in [1.165, 1.54) is 0 Å². The van der Waals surface area contributed by atoms with E-state index in [9.17, 15) is 4.79 Å². The maximum absolute atomic E-state index is 11.9. The highest BCUT2D eigenvalue weighted by molar-refractivity contribution is 5.92. The molecule has 1 saturated heterocycles. The number of nitrogens with one attached hydrogen (secondary N) is 1. The van der Waals surface area contributed by atoms with Crippen LogP contribution in [-0.4, -0.2) is 52.8 Å². The van der Waals surface area contributed by atoms with Gasteiger partial charge in [0.25, 0.3) is 5.91 Å². The second kappa shape index (κ2) is 5.97. The Morgan fingerprint density at radius 1 is 1.56 bits per heavy atom. The number of nitrogens with zero attached hydrogens (tertiary/aromatic N) is 3. The fourth-order valence-electron chi connectivity index (χ4n) is 2.28. The highest BCUT2D eigenvalue weighted by Crippen LogP contribution is 2.10. The summed E-state index contributed by atoms with van der Waals surface area (Å²) in [7, 11) is 1.81. The van der Waals surface area contributed by atoms with Gasteiger partial charge >= 0.3 is 0 Å². The van der Waals surface area contributed by atoms with Crippen molar-refractivity contribution in [2.45, 2.75) is 18.9 Å². The first-order valence-corrected chi connectivity index (χ1v) is 6.42. The zero-order chi connectivity index (χ0) is 13.0. The molecule has 0 aromatic carbocycles. The van der Waals surface area contributed by atoms with E-state index in [0.29, 0.717) is 12.2 Å². The van der Waals surface area contributed by atoms with E-state index >= 15 is 0 Å². The molecule has 100 valence electrons. The van der Waals surface area contributed by atoms with Crippen molar-refractivity contribution in [2.75, 3.05) is 26.2 Å². The molecule has 6 heteroatoms. The standard InChI is InChI=1S/C12H21N5O/c1-16-6-4-11(15-16)12(18)14-10-2-7-17(8-3-10)9-5-13/h4,6,10H,2-3,5,7-9,13H2,1H3,(H,14,18). The van der Waals surface area contributed by atoms with E-state index in [2.05, 4.69) is 15.3 Å². The molecule has 1 aromatic heterocycles. The number of carbonyl (C=O) groups is 1. The van der Waals surface area contributed by atoms with Gasteiger partial charge < -0.3 is 16.0 Å². The first kappa shape index (κ1) is 13.0. The highest BCUT2D eigenvalue weighted by Gasteiger charge is 2.21. The lowest BCUT2D eigenvalue weighted by atomic mass is 10.0. The van der Waals surface area contributed by atoms with Gasteiger partial charge in [-0.3, -0.25) is 9.48 Å². The molecule has 2 rings (SSSR count). The van der Waals surface area contributed by atoms with E-state index in [1.54, 1.807) is 16.9 Å². The van der Waals surface area contributed by atoms with Gasteiger partial charge in [-0.1, -0.05) is 0 Å². The first-order chi connectivity index (χ1) is 8.69. The Balaban J connectivity index is 1.79. The van der Waals surface area contributed by atoms with Crippen LogP contribution in [0.4, 0.5) is 0 Å². The molecule has 0 aliphatic carbocycles. The van der Waals surface area contributed by atoms with Crippen molar-refractivity contribution in [2.24, 2.45) is 12.8 Å². The molecule has 0 spiro atoms. The van der Waals surface area contributed by atoms with E-state index in [1.807, 2.05) is 7.05 Å². The molecule has 3 N–H and O–H groups in total. The van der Waals surface area contributed by atoms with Gasteiger partial charge in [0.15, 0.2) is 0 Å². The molecule has 18 heavy (non-hydrogen) atoms. The Morgan fingerprint density at radius 3 is 2.83 bits per heavy atom. The number of likely N-dealkylation sites (tertiary alicyclic amines) is 1. The number of amides is 1. The Morgan fingerprint density at radius 2 is 2.28 bits per heavy atom. The van der Waals surface area contributed by atoms with Gasteiger partial charge in [0.1, 0.15) is 5.69 Å². The van der Waals surface area contributed by atoms with Crippen molar-refractivity contribution in [3.63, 3.8) is 0 Å². The zero-order valence-corrected chi connectivity index (χ0v) is 10.8. The summed E-state index contributed by atoms with van der Waals surface area (Å²) >= 11 is 0. The third kappa shape index (κ3) is 3.30.